The Morgan fingerprint density at radius 1 is 1.40 bits per heavy atom. The van der Waals surface area contributed by atoms with E-state index >= 15 is 0 Å². The van der Waals surface area contributed by atoms with Crippen LogP contribution in [0.2, 0.25) is 0 Å². The van der Waals surface area contributed by atoms with Gasteiger partial charge in [0.2, 0.25) is 0 Å². The maximum atomic E-state index is 6.33. The lowest BCUT2D eigenvalue weighted by Gasteiger charge is -2.50. The zero-order chi connectivity index (χ0) is 11.2. The van der Waals surface area contributed by atoms with E-state index in [9.17, 15) is 0 Å². The van der Waals surface area contributed by atoms with Crippen LogP contribution in [0.4, 0.5) is 0 Å². The van der Waals surface area contributed by atoms with Gasteiger partial charge < -0.3 is 4.74 Å². The zero-order valence-corrected chi connectivity index (χ0v) is 10.7. The second-order valence-corrected chi connectivity index (χ2v) is 6.15. The van der Waals surface area contributed by atoms with Crippen molar-refractivity contribution < 1.29 is 4.74 Å². The summed E-state index contributed by atoms with van der Waals surface area (Å²) in [5.74, 6) is 2.02. The molecule has 0 radical (unpaired) electrons. The molecule has 15 heavy (non-hydrogen) atoms. The normalized spacial score (nSPS) is 39.1. The van der Waals surface area contributed by atoms with Crippen molar-refractivity contribution in [1.82, 2.24) is 0 Å². The standard InChI is InChI=1S/C14H24O/c1-9(2)13-12-8-11(7-6-10(12)3)14(4,5)15-13/h6,9,11-13H,7-8H2,1-5H3. The fourth-order valence-corrected chi connectivity index (χ4v) is 3.16. The van der Waals surface area contributed by atoms with E-state index in [1.165, 1.54) is 12.8 Å². The third-order valence-corrected chi connectivity index (χ3v) is 4.32. The molecule has 1 aliphatic carbocycles. The molecule has 1 fully saturated rings. The number of allylic oxidation sites excluding steroid dienone is 1. The third kappa shape index (κ3) is 1.87. The van der Waals surface area contributed by atoms with Crippen LogP contribution >= 0.6 is 0 Å². The molecule has 3 atom stereocenters. The zero-order valence-electron chi connectivity index (χ0n) is 10.7. The predicted molar refractivity (Wildman–Crippen MR) is 63.8 cm³/mol. The first-order chi connectivity index (χ1) is 6.92. The number of rotatable bonds is 1. The van der Waals surface area contributed by atoms with Gasteiger partial charge in [-0.1, -0.05) is 25.5 Å². The smallest absolute Gasteiger partial charge is 0.0670 e. The Bertz CT molecular complexity index is 275. The number of hydrogen-bond donors (Lipinski definition) is 0. The van der Waals surface area contributed by atoms with Gasteiger partial charge in [-0.3, -0.25) is 0 Å². The molecule has 1 aliphatic heterocycles. The van der Waals surface area contributed by atoms with Crippen LogP contribution in [0.3, 0.4) is 0 Å². The van der Waals surface area contributed by atoms with Crippen molar-refractivity contribution in [3.8, 4) is 0 Å². The lowest BCUT2D eigenvalue weighted by Crippen LogP contribution is -2.51. The first kappa shape index (κ1) is 11.2. The maximum Gasteiger partial charge on any atom is 0.0670 e. The molecule has 2 bridgehead atoms. The van der Waals surface area contributed by atoms with Gasteiger partial charge in [0.15, 0.2) is 0 Å². The number of hydrogen-bond acceptors (Lipinski definition) is 1. The Balaban J connectivity index is 2.28. The summed E-state index contributed by atoms with van der Waals surface area (Å²) in [5.41, 5.74) is 1.63. The molecule has 86 valence electrons. The van der Waals surface area contributed by atoms with Crippen LogP contribution in [-0.2, 0) is 4.74 Å². The molecular formula is C14H24O. The summed E-state index contributed by atoms with van der Waals surface area (Å²) in [6, 6.07) is 0. The molecular weight excluding hydrogens is 184 g/mol. The highest BCUT2D eigenvalue weighted by atomic mass is 16.5. The summed E-state index contributed by atoms with van der Waals surface area (Å²) in [7, 11) is 0. The molecule has 0 saturated carbocycles. The summed E-state index contributed by atoms with van der Waals surface area (Å²) in [4.78, 5) is 0. The van der Waals surface area contributed by atoms with Crippen molar-refractivity contribution in [2.45, 2.75) is 59.2 Å². The predicted octanol–water partition coefficient (Wildman–Crippen LogP) is 3.79. The lowest BCUT2D eigenvalue weighted by atomic mass is 9.68. The van der Waals surface area contributed by atoms with E-state index in [0.29, 0.717) is 17.9 Å². The van der Waals surface area contributed by atoms with Crippen LogP contribution < -0.4 is 0 Å². The number of fused-ring (bicyclic) bond motifs is 2. The van der Waals surface area contributed by atoms with Crippen LogP contribution in [0.25, 0.3) is 0 Å². The topological polar surface area (TPSA) is 9.23 Å². The molecule has 1 heteroatoms. The van der Waals surface area contributed by atoms with E-state index in [-0.39, 0.29) is 5.60 Å². The Kier molecular flexibility index (Phi) is 2.70. The van der Waals surface area contributed by atoms with Gasteiger partial charge in [0, 0.05) is 5.92 Å². The highest BCUT2D eigenvalue weighted by molar-refractivity contribution is 5.15. The van der Waals surface area contributed by atoms with Crippen LogP contribution in [0.15, 0.2) is 11.6 Å². The van der Waals surface area contributed by atoms with Crippen molar-refractivity contribution in [3.63, 3.8) is 0 Å². The summed E-state index contributed by atoms with van der Waals surface area (Å²) < 4.78 is 6.33. The summed E-state index contributed by atoms with van der Waals surface area (Å²) in [6.07, 6.45) is 5.41. The molecule has 0 spiro atoms. The first-order valence-electron chi connectivity index (χ1n) is 6.26. The molecule has 1 heterocycles. The Morgan fingerprint density at radius 2 is 2.07 bits per heavy atom. The van der Waals surface area contributed by atoms with Crippen molar-refractivity contribution in [1.29, 1.82) is 0 Å². The van der Waals surface area contributed by atoms with Gasteiger partial charge in [0.05, 0.1) is 11.7 Å². The lowest BCUT2D eigenvalue weighted by molar-refractivity contribution is -0.177. The van der Waals surface area contributed by atoms with E-state index in [2.05, 4.69) is 40.7 Å². The minimum Gasteiger partial charge on any atom is -0.371 e. The molecule has 0 aromatic rings. The monoisotopic (exact) mass is 208 g/mol. The minimum absolute atomic E-state index is 0.0721. The highest BCUT2D eigenvalue weighted by Crippen LogP contribution is 2.46. The average molecular weight is 208 g/mol. The van der Waals surface area contributed by atoms with Gasteiger partial charge in [-0.2, -0.15) is 0 Å². The molecule has 0 aromatic heterocycles. The molecule has 0 N–H and O–H groups in total. The summed E-state index contributed by atoms with van der Waals surface area (Å²) >= 11 is 0. The summed E-state index contributed by atoms with van der Waals surface area (Å²) in [5, 5.41) is 0. The molecule has 3 unspecified atom stereocenters. The first-order valence-corrected chi connectivity index (χ1v) is 6.26. The molecule has 1 saturated heterocycles. The number of ether oxygens (including phenoxy) is 1. The maximum absolute atomic E-state index is 6.33. The van der Waals surface area contributed by atoms with Gasteiger partial charge in [-0.25, -0.2) is 0 Å². The molecule has 2 aliphatic rings. The van der Waals surface area contributed by atoms with Crippen LogP contribution in [0.1, 0.15) is 47.5 Å². The van der Waals surface area contributed by atoms with E-state index in [4.69, 9.17) is 4.74 Å². The van der Waals surface area contributed by atoms with E-state index < -0.39 is 0 Å². The third-order valence-electron chi connectivity index (χ3n) is 4.32. The van der Waals surface area contributed by atoms with Crippen molar-refractivity contribution in [2.75, 3.05) is 0 Å². The van der Waals surface area contributed by atoms with E-state index in [1.807, 2.05) is 0 Å². The second-order valence-electron chi connectivity index (χ2n) is 6.15. The van der Waals surface area contributed by atoms with Gasteiger partial charge in [0.25, 0.3) is 0 Å². The van der Waals surface area contributed by atoms with Crippen molar-refractivity contribution >= 4 is 0 Å². The Labute approximate surface area is 93.9 Å². The molecule has 2 rings (SSSR count). The average Bonchev–Trinajstić information content (AvgIpc) is 2.14. The van der Waals surface area contributed by atoms with Gasteiger partial charge in [-0.05, 0) is 45.4 Å². The van der Waals surface area contributed by atoms with Crippen LogP contribution in [0.5, 0.6) is 0 Å². The largest absolute Gasteiger partial charge is 0.371 e. The van der Waals surface area contributed by atoms with Crippen molar-refractivity contribution in [2.24, 2.45) is 17.8 Å². The molecule has 1 nitrogen and oxygen atoms in total. The Morgan fingerprint density at radius 3 is 2.67 bits per heavy atom. The van der Waals surface area contributed by atoms with Gasteiger partial charge in [0.1, 0.15) is 0 Å². The molecule has 0 aromatic carbocycles. The van der Waals surface area contributed by atoms with E-state index in [0.717, 1.165) is 5.92 Å². The molecule has 0 amide bonds. The van der Waals surface area contributed by atoms with Crippen LogP contribution in [-0.4, -0.2) is 11.7 Å². The Hall–Kier alpha value is -0.300. The minimum atomic E-state index is 0.0721. The van der Waals surface area contributed by atoms with Gasteiger partial charge >= 0.3 is 0 Å². The summed E-state index contributed by atoms with van der Waals surface area (Å²) in [6.45, 7) is 11.4. The fourth-order valence-electron chi connectivity index (χ4n) is 3.16. The second kappa shape index (κ2) is 3.62. The fraction of sp³-hybridized carbons (Fsp3) is 0.857. The van der Waals surface area contributed by atoms with E-state index in [1.54, 1.807) is 5.57 Å². The van der Waals surface area contributed by atoms with Crippen molar-refractivity contribution in [3.05, 3.63) is 11.6 Å². The quantitative estimate of drug-likeness (QED) is 0.596. The SMILES string of the molecule is CC1=CCC2CC1C(C(C)C)OC2(C)C. The van der Waals surface area contributed by atoms with Gasteiger partial charge in [-0.15, -0.1) is 0 Å². The highest BCUT2D eigenvalue weighted by Gasteiger charge is 2.45. The van der Waals surface area contributed by atoms with Crippen LogP contribution in [0, 0.1) is 17.8 Å².